The average Bonchev–Trinajstić information content (AvgIpc) is 2.70. The quantitative estimate of drug-likeness (QED) is 0.461. The Kier molecular flexibility index (Phi) is 9.08. The van der Waals surface area contributed by atoms with E-state index in [4.69, 9.17) is 9.47 Å². The molecule has 28 heavy (non-hydrogen) atoms. The zero-order valence-corrected chi connectivity index (χ0v) is 17.0. The van der Waals surface area contributed by atoms with Crippen LogP contribution in [-0.2, 0) is 4.79 Å². The van der Waals surface area contributed by atoms with E-state index in [0.717, 1.165) is 36.4 Å². The Hall–Kier alpha value is -2.79. The second kappa shape index (κ2) is 11.8. The zero-order valence-electron chi connectivity index (χ0n) is 17.0. The molecule has 0 radical (unpaired) electrons. The number of para-hydroxylation sites is 1. The molecule has 2 aromatic carbocycles. The summed E-state index contributed by atoms with van der Waals surface area (Å²) in [4.78, 5) is 14.2. The molecule has 0 aliphatic heterocycles. The van der Waals surface area contributed by atoms with Crippen LogP contribution in [0.25, 0.3) is 6.08 Å². The summed E-state index contributed by atoms with van der Waals surface area (Å²) in [5, 5.41) is 2.82. The molecule has 1 amide bonds. The molecule has 0 aliphatic rings. The molecule has 150 valence electrons. The highest BCUT2D eigenvalue weighted by atomic mass is 16.5. The molecule has 2 aromatic rings. The number of hydrogen-bond acceptors (Lipinski definition) is 4. The van der Waals surface area contributed by atoms with Crippen molar-refractivity contribution >= 4 is 17.7 Å². The molecule has 0 aromatic heterocycles. The first-order valence-corrected chi connectivity index (χ1v) is 9.58. The lowest BCUT2D eigenvalue weighted by atomic mass is 10.2. The third-order valence-electron chi connectivity index (χ3n) is 4.16. The van der Waals surface area contributed by atoms with Gasteiger partial charge in [0.25, 0.3) is 0 Å². The van der Waals surface area contributed by atoms with Gasteiger partial charge in [0.2, 0.25) is 5.91 Å². The van der Waals surface area contributed by atoms with E-state index < -0.39 is 0 Å². The van der Waals surface area contributed by atoms with E-state index in [0.29, 0.717) is 12.4 Å². The number of carbonyl (C=O) groups excluding carboxylic acids is 1. The van der Waals surface area contributed by atoms with Gasteiger partial charge in [0.1, 0.15) is 0 Å². The normalized spacial score (nSPS) is 11.0. The van der Waals surface area contributed by atoms with Gasteiger partial charge >= 0.3 is 0 Å². The van der Waals surface area contributed by atoms with Crippen LogP contribution in [0.3, 0.4) is 0 Å². The molecule has 0 spiro atoms. The van der Waals surface area contributed by atoms with Gasteiger partial charge in [0, 0.05) is 11.8 Å². The van der Waals surface area contributed by atoms with Crippen LogP contribution < -0.4 is 14.8 Å². The van der Waals surface area contributed by atoms with Crippen molar-refractivity contribution in [3.63, 3.8) is 0 Å². The van der Waals surface area contributed by atoms with Crippen molar-refractivity contribution in [2.24, 2.45) is 0 Å². The zero-order chi connectivity index (χ0) is 20.2. The van der Waals surface area contributed by atoms with E-state index in [1.807, 2.05) is 48.5 Å². The summed E-state index contributed by atoms with van der Waals surface area (Å²) in [6, 6.07) is 15.0. The van der Waals surface area contributed by atoms with Gasteiger partial charge in [-0.15, -0.1) is 0 Å². The van der Waals surface area contributed by atoms with Gasteiger partial charge in [0.05, 0.1) is 13.7 Å². The number of anilines is 1. The van der Waals surface area contributed by atoms with Gasteiger partial charge in [-0.25, -0.2) is 0 Å². The van der Waals surface area contributed by atoms with Crippen molar-refractivity contribution in [2.45, 2.75) is 19.3 Å². The topological polar surface area (TPSA) is 50.8 Å². The van der Waals surface area contributed by atoms with E-state index >= 15 is 0 Å². The summed E-state index contributed by atoms with van der Waals surface area (Å²) >= 11 is 0. The maximum Gasteiger partial charge on any atom is 0.248 e. The summed E-state index contributed by atoms with van der Waals surface area (Å²) in [5.74, 6) is 1.21. The molecule has 0 saturated carbocycles. The fraction of sp³-hybridized carbons (Fsp3) is 0.348. The SMILES string of the molecule is COc1cc(/C=C/C(=O)Nc2ccccc2)ccc1OCCCCCN(C)C. The number of nitrogens with zero attached hydrogens (tertiary/aromatic N) is 1. The molecule has 0 bridgehead atoms. The second-order valence-corrected chi connectivity index (χ2v) is 6.81. The summed E-state index contributed by atoms with van der Waals surface area (Å²) in [6.07, 6.45) is 6.58. The van der Waals surface area contributed by atoms with Crippen LogP contribution in [0, 0.1) is 0 Å². The van der Waals surface area contributed by atoms with Crippen molar-refractivity contribution in [1.29, 1.82) is 0 Å². The standard InChI is InChI=1S/C23H30N2O3/c1-25(2)16-8-5-9-17-28-21-14-12-19(18-22(21)27-3)13-15-23(26)24-20-10-6-4-7-11-20/h4,6-7,10-15,18H,5,8-9,16-17H2,1-3H3,(H,24,26)/b15-13+. The lowest BCUT2D eigenvalue weighted by molar-refractivity contribution is -0.111. The fourth-order valence-electron chi connectivity index (χ4n) is 2.67. The molecule has 1 N–H and O–H groups in total. The van der Waals surface area contributed by atoms with E-state index in [1.54, 1.807) is 13.2 Å². The Balaban J connectivity index is 1.85. The van der Waals surface area contributed by atoms with Crippen LogP contribution >= 0.6 is 0 Å². The molecule has 0 heterocycles. The lowest BCUT2D eigenvalue weighted by Gasteiger charge is -2.12. The largest absolute Gasteiger partial charge is 0.493 e. The minimum Gasteiger partial charge on any atom is -0.493 e. The fourth-order valence-corrected chi connectivity index (χ4v) is 2.67. The number of hydrogen-bond donors (Lipinski definition) is 1. The van der Waals surface area contributed by atoms with E-state index in [2.05, 4.69) is 24.3 Å². The summed E-state index contributed by atoms with van der Waals surface area (Å²) < 4.78 is 11.3. The van der Waals surface area contributed by atoms with Crippen molar-refractivity contribution in [1.82, 2.24) is 4.90 Å². The molecule has 5 heteroatoms. The summed E-state index contributed by atoms with van der Waals surface area (Å²) in [6.45, 7) is 1.76. The molecule has 2 rings (SSSR count). The first-order chi connectivity index (χ1) is 13.6. The van der Waals surface area contributed by atoms with Crippen LogP contribution in [0.1, 0.15) is 24.8 Å². The van der Waals surface area contributed by atoms with Crippen LogP contribution in [0.5, 0.6) is 11.5 Å². The molecule has 0 fully saturated rings. The van der Waals surface area contributed by atoms with Gasteiger partial charge < -0.3 is 19.7 Å². The first kappa shape index (κ1) is 21.5. The summed E-state index contributed by atoms with van der Waals surface area (Å²) in [7, 11) is 5.79. The predicted octanol–water partition coefficient (Wildman–Crippen LogP) is 4.46. The highest BCUT2D eigenvalue weighted by Gasteiger charge is 2.05. The second-order valence-electron chi connectivity index (χ2n) is 6.81. The Morgan fingerprint density at radius 1 is 1.04 bits per heavy atom. The first-order valence-electron chi connectivity index (χ1n) is 9.58. The number of benzene rings is 2. The third-order valence-corrected chi connectivity index (χ3v) is 4.16. The number of unbranched alkanes of at least 4 members (excludes halogenated alkanes) is 2. The highest BCUT2D eigenvalue weighted by molar-refractivity contribution is 6.01. The Morgan fingerprint density at radius 3 is 2.54 bits per heavy atom. The number of amides is 1. The minimum atomic E-state index is -0.178. The Bertz CT molecular complexity index is 758. The number of nitrogens with one attached hydrogen (secondary N) is 1. The predicted molar refractivity (Wildman–Crippen MR) is 115 cm³/mol. The maximum absolute atomic E-state index is 12.0. The number of rotatable bonds is 11. The van der Waals surface area contributed by atoms with Crippen LogP contribution in [0.4, 0.5) is 5.69 Å². The van der Waals surface area contributed by atoms with Crippen molar-refractivity contribution in [3.05, 3.63) is 60.2 Å². The van der Waals surface area contributed by atoms with E-state index in [9.17, 15) is 4.79 Å². The van der Waals surface area contributed by atoms with Gasteiger partial charge in [-0.2, -0.15) is 0 Å². The molecule has 5 nitrogen and oxygen atoms in total. The van der Waals surface area contributed by atoms with Crippen molar-refractivity contribution in [2.75, 3.05) is 39.7 Å². The lowest BCUT2D eigenvalue weighted by Crippen LogP contribution is -2.13. The Morgan fingerprint density at radius 2 is 1.82 bits per heavy atom. The third kappa shape index (κ3) is 7.84. The van der Waals surface area contributed by atoms with Gasteiger partial charge in [0.15, 0.2) is 11.5 Å². The minimum absolute atomic E-state index is 0.178. The number of carbonyl (C=O) groups is 1. The molecule has 0 aliphatic carbocycles. The molecule has 0 unspecified atom stereocenters. The highest BCUT2D eigenvalue weighted by Crippen LogP contribution is 2.28. The smallest absolute Gasteiger partial charge is 0.248 e. The van der Waals surface area contributed by atoms with Crippen LogP contribution in [-0.4, -0.2) is 45.2 Å². The number of ether oxygens (including phenoxy) is 2. The molecule has 0 atom stereocenters. The van der Waals surface area contributed by atoms with Crippen molar-refractivity contribution in [3.8, 4) is 11.5 Å². The van der Waals surface area contributed by atoms with Crippen molar-refractivity contribution < 1.29 is 14.3 Å². The molecular weight excluding hydrogens is 352 g/mol. The Labute approximate surface area is 168 Å². The molecule has 0 saturated heterocycles. The van der Waals surface area contributed by atoms with E-state index in [-0.39, 0.29) is 5.91 Å². The van der Waals surface area contributed by atoms with Gasteiger partial charge in [-0.1, -0.05) is 24.3 Å². The van der Waals surface area contributed by atoms with E-state index in [1.165, 1.54) is 12.5 Å². The molecular formula is C23H30N2O3. The summed E-state index contributed by atoms with van der Waals surface area (Å²) in [5.41, 5.74) is 1.64. The van der Waals surface area contributed by atoms with Gasteiger partial charge in [-0.3, -0.25) is 4.79 Å². The monoisotopic (exact) mass is 382 g/mol. The maximum atomic E-state index is 12.0. The average molecular weight is 383 g/mol. The van der Waals surface area contributed by atoms with Crippen LogP contribution in [0.15, 0.2) is 54.6 Å². The van der Waals surface area contributed by atoms with Crippen LogP contribution in [0.2, 0.25) is 0 Å². The van der Waals surface area contributed by atoms with Gasteiger partial charge in [-0.05, 0) is 75.8 Å². The number of methoxy groups -OCH3 is 1.